The average molecular weight is 353 g/mol. The maximum Gasteiger partial charge on any atom is 0.238 e. The van der Waals surface area contributed by atoms with Gasteiger partial charge in [0.2, 0.25) is 10.0 Å². The number of aliphatic imine (C=N–C) groups is 1. The quantitative estimate of drug-likeness (QED) is 0.640. The minimum absolute atomic E-state index is 0.0332. The van der Waals surface area contributed by atoms with Crippen molar-refractivity contribution in [2.75, 3.05) is 13.1 Å². The minimum atomic E-state index is -3.65. The van der Waals surface area contributed by atoms with Crippen molar-refractivity contribution in [1.82, 2.24) is 10.2 Å². The molecule has 0 radical (unpaired) electrons. The Bertz CT molecular complexity index is 721. The van der Waals surface area contributed by atoms with Crippen molar-refractivity contribution in [3.8, 4) is 0 Å². The summed E-state index contributed by atoms with van der Waals surface area (Å²) in [5.41, 5.74) is 1.21. The molecule has 1 aromatic carbocycles. The molecule has 0 unspecified atom stereocenters. The minimum Gasteiger partial charge on any atom is -0.356 e. The second-order valence-corrected chi connectivity index (χ2v) is 8.95. The number of nitrogens with zero attached hydrogens (tertiary/aromatic N) is 2. The fourth-order valence-electron chi connectivity index (χ4n) is 2.75. The number of benzene rings is 1. The number of guanidine groups is 1. The number of hydrogen-bond acceptors (Lipinski definition) is 3. The molecule has 1 fully saturated rings. The van der Waals surface area contributed by atoms with Crippen molar-refractivity contribution in [3.05, 3.63) is 29.8 Å². The number of likely N-dealkylation sites (tertiary alicyclic amines) is 1. The Morgan fingerprint density at radius 2 is 1.83 bits per heavy atom. The van der Waals surface area contributed by atoms with E-state index in [0.717, 1.165) is 24.6 Å². The topological polar surface area (TPSA) is 87.8 Å². The summed E-state index contributed by atoms with van der Waals surface area (Å²) in [6, 6.07) is 6.53. The SMILES string of the molecule is CCNC(=NCc1ccc(S(N)(=O)=O)cc1)N1CC(C)(C)C1(C)C. The summed E-state index contributed by atoms with van der Waals surface area (Å²) in [6.07, 6.45) is 0. The van der Waals surface area contributed by atoms with Crippen molar-refractivity contribution >= 4 is 16.0 Å². The van der Waals surface area contributed by atoms with Crippen LogP contribution < -0.4 is 10.5 Å². The molecule has 0 atom stereocenters. The first-order chi connectivity index (χ1) is 11.0. The van der Waals surface area contributed by atoms with Crippen LogP contribution in [0.3, 0.4) is 0 Å². The van der Waals surface area contributed by atoms with Gasteiger partial charge >= 0.3 is 0 Å². The van der Waals surface area contributed by atoms with Crippen LogP contribution in [0, 0.1) is 5.41 Å². The van der Waals surface area contributed by atoms with E-state index in [0.29, 0.717) is 6.54 Å². The van der Waals surface area contributed by atoms with E-state index >= 15 is 0 Å². The van der Waals surface area contributed by atoms with Gasteiger partial charge in [0.05, 0.1) is 11.4 Å². The molecule has 6 nitrogen and oxygen atoms in total. The van der Waals surface area contributed by atoms with Crippen molar-refractivity contribution in [2.45, 2.75) is 51.6 Å². The van der Waals surface area contributed by atoms with E-state index in [9.17, 15) is 8.42 Å². The molecule has 0 bridgehead atoms. The Balaban J connectivity index is 2.15. The van der Waals surface area contributed by atoms with Gasteiger partial charge in [-0.25, -0.2) is 18.5 Å². The second-order valence-electron chi connectivity index (χ2n) is 7.39. The second kappa shape index (κ2) is 6.37. The number of rotatable bonds is 4. The third kappa shape index (κ3) is 3.57. The summed E-state index contributed by atoms with van der Waals surface area (Å²) in [7, 11) is -3.65. The summed E-state index contributed by atoms with van der Waals surface area (Å²) in [6.45, 7) is 13.3. The predicted octanol–water partition coefficient (Wildman–Crippen LogP) is 1.92. The van der Waals surface area contributed by atoms with Crippen molar-refractivity contribution in [3.63, 3.8) is 0 Å². The van der Waals surface area contributed by atoms with Crippen LogP contribution in [0.25, 0.3) is 0 Å². The van der Waals surface area contributed by atoms with E-state index < -0.39 is 10.0 Å². The summed E-state index contributed by atoms with van der Waals surface area (Å²) in [5, 5.41) is 8.46. The van der Waals surface area contributed by atoms with Gasteiger partial charge in [-0.1, -0.05) is 26.0 Å². The Labute approximate surface area is 145 Å². The molecule has 0 aliphatic carbocycles. The first-order valence-corrected chi connectivity index (χ1v) is 9.71. The summed E-state index contributed by atoms with van der Waals surface area (Å²) >= 11 is 0. The maximum atomic E-state index is 11.3. The number of nitrogens with two attached hydrogens (primary N) is 1. The smallest absolute Gasteiger partial charge is 0.238 e. The molecule has 0 spiro atoms. The molecule has 24 heavy (non-hydrogen) atoms. The number of sulfonamides is 1. The molecule has 7 heteroatoms. The van der Waals surface area contributed by atoms with Gasteiger partial charge in [0.1, 0.15) is 0 Å². The van der Waals surface area contributed by atoms with Crippen LogP contribution >= 0.6 is 0 Å². The van der Waals surface area contributed by atoms with E-state index in [-0.39, 0.29) is 15.8 Å². The molecular weight excluding hydrogens is 324 g/mol. The molecule has 1 aliphatic heterocycles. The maximum absolute atomic E-state index is 11.3. The lowest BCUT2D eigenvalue weighted by Gasteiger charge is -2.62. The third-order valence-corrected chi connectivity index (χ3v) is 6.07. The number of hydrogen-bond donors (Lipinski definition) is 2. The van der Waals surface area contributed by atoms with E-state index in [1.807, 2.05) is 6.92 Å². The first kappa shape index (κ1) is 18.7. The summed E-state index contributed by atoms with van der Waals surface area (Å²) in [5.74, 6) is 0.886. The van der Waals surface area contributed by atoms with Crippen LogP contribution in [0.4, 0.5) is 0 Å². The molecule has 0 aromatic heterocycles. The molecule has 1 saturated heterocycles. The Morgan fingerprint density at radius 3 is 2.25 bits per heavy atom. The molecule has 1 aromatic rings. The molecule has 0 amide bonds. The van der Waals surface area contributed by atoms with Gasteiger partial charge in [-0.2, -0.15) is 0 Å². The zero-order chi connectivity index (χ0) is 18.2. The van der Waals surface area contributed by atoms with Crippen LogP contribution in [0.1, 0.15) is 40.2 Å². The lowest BCUT2D eigenvalue weighted by atomic mass is 9.65. The van der Waals surface area contributed by atoms with E-state index in [1.165, 1.54) is 12.1 Å². The van der Waals surface area contributed by atoms with E-state index in [1.54, 1.807) is 12.1 Å². The summed E-state index contributed by atoms with van der Waals surface area (Å²) in [4.78, 5) is 7.11. The van der Waals surface area contributed by atoms with Crippen LogP contribution in [0.15, 0.2) is 34.2 Å². The van der Waals surface area contributed by atoms with E-state index in [2.05, 4.69) is 37.9 Å². The normalized spacial score (nSPS) is 19.8. The highest BCUT2D eigenvalue weighted by Crippen LogP contribution is 2.46. The molecule has 2 rings (SSSR count). The van der Waals surface area contributed by atoms with Gasteiger partial charge in [0, 0.05) is 24.0 Å². The highest BCUT2D eigenvalue weighted by Gasteiger charge is 2.53. The monoisotopic (exact) mass is 352 g/mol. The van der Waals surface area contributed by atoms with Crippen LogP contribution in [-0.4, -0.2) is 37.9 Å². The summed E-state index contributed by atoms with van der Waals surface area (Å²) < 4.78 is 22.6. The zero-order valence-electron chi connectivity index (χ0n) is 15.1. The first-order valence-electron chi connectivity index (χ1n) is 8.17. The van der Waals surface area contributed by atoms with Crippen LogP contribution in [0.2, 0.25) is 0 Å². The van der Waals surface area contributed by atoms with Crippen molar-refractivity contribution < 1.29 is 8.42 Å². The zero-order valence-corrected chi connectivity index (χ0v) is 15.9. The van der Waals surface area contributed by atoms with Gasteiger partial charge in [0.25, 0.3) is 0 Å². The van der Waals surface area contributed by atoms with Gasteiger partial charge in [-0.15, -0.1) is 0 Å². The lowest BCUT2D eigenvalue weighted by molar-refractivity contribution is -0.0667. The van der Waals surface area contributed by atoms with Gasteiger partial charge in [-0.3, -0.25) is 0 Å². The van der Waals surface area contributed by atoms with E-state index in [4.69, 9.17) is 10.1 Å². The molecule has 134 valence electrons. The van der Waals surface area contributed by atoms with Crippen molar-refractivity contribution in [1.29, 1.82) is 0 Å². The lowest BCUT2D eigenvalue weighted by Crippen LogP contribution is -2.72. The van der Waals surface area contributed by atoms with Crippen LogP contribution in [-0.2, 0) is 16.6 Å². The highest BCUT2D eigenvalue weighted by atomic mass is 32.2. The average Bonchev–Trinajstić information content (AvgIpc) is 2.49. The fraction of sp³-hybridized carbons (Fsp3) is 0.588. The molecule has 1 aliphatic rings. The van der Waals surface area contributed by atoms with Gasteiger partial charge in [0.15, 0.2) is 5.96 Å². The molecule has 0 saturated carbocycles. The molecule has 1 heterocycles. The van der Waals surface area contributed by atoms with Crippen molar-refractivity contribution in [2.24, 2.45) is 15.5 Å². The molecular formula is C17H28N4O2S. The Hall–Kier alpha value is -1.60. The molecule has 3 N–H and O–H groups in total. The Kier molecular flexibility index (Phi) is 4.97. The predicted molar refractivity (Wildman–Crippen MR) is 97.2 cm³/mol. The largest absolute Gasteiger partial charge is 0.356 e. The van der Waals surface area contributed by atoms with Gasteiger partial charge in [-0.05, 0) is 38.5 Å². The number of nitrogens with one attached hydrogen (secondary N) is 1. The third-order valence-electron chi connectivity index (χ3n) is 5.14. The number of primary sulfonamides is 1. The highest BCUT2D eigenvalue weighted by molar-refractivity contribution is 7.89. The van der Waals surface area contributed by atoms with Crippen LogP contribution in [0.5, 0.6) is 0 Å². The van der Waals surface area contributed by atoms with Gasteiger partial charge < -0.3 is 10.2 Å². The fourth-order valence-corrected chi connectivity index (χ4v) is 3.26. The Morgan fingerprint density at radius 1 is 1.25 bits per heavy atom. The standard InChI is InChI=1S/C17H28N4O2S/c1-6-19-15(21-12-16(2,3)17(21,4)5)20-11-13-7-9-14(10-8-13)24(18,22)23/h7-10H,6,11-12H2,1-5H3,(H,19,20)(H2,18,22,23).